The summed E-state index contributed by atoms with van der Waals surface area (Å²) in [7, 11) is 0. The minimum atomic E-state index is -1.04. The molecule has 0 aliphatic carbocycles. The second-order valence-corrected chi connectivity index (χ2v) is 3.87. The van der Waals surface area contributed by atoms with E-state index in [0.29, 0.717) is 6.42 Å². The van der Waals surface area contributed by atoms with Crippen LogP contribution in [-0.2, 0) is 9.59 Å². The zero-order valence-electron chi connectivity index (χ0n) is 6.24. The Balaban J connectivity index is 3.54. The van der Waals surface area contributed by atoms with E-state index < -0.39 is 12.0 Å². The molecule has 0 spiro atoms. The first kappa shape index (κ1) is 10.6. The Bertz CT molecular complexity index is 160. The third-order valence-electron chi connectivity index (χ3n) is 1.20. The van der Waals surface area contributed by atoms with E-state index in [-0.39, 0.29) is 26.1 Å². The number of aliphatic carboxylic acids is 1. The van der Waals surface area contributed by atoms with Crippen molar-refractivity contribution in [1.82, 2.24) is 0 Å². The Morgan fingerprint density at radius 3 is 2.55 bits per heavy atom. The molecule has 0 bridgehead atoms. The predicted octanol–water partition coefficient (Wildman–Crippen LogP) is -0.543. The van der Waals surface area contributed by atoms with Gasteiger partial charge in [0.05, 0.1) is 0 Å². The summed E-state index contributed by atoms with van der Waals surface area (Å²) >= 11 is -0.0295. The van der Waals surface area contributed by atoms with Crippen molar-refractivity contribution in [2.24, 2.45) is 5.73 Å². The fraction of sp³-hybridized carbons (Fsp3) is 0.667. The SMILES string of the molecule is C[Se]C(=O)CC[C@H](N)C(=O)O. The molecule has 5 heteroatoms. The zero-order chi connectivity index (χ0) is 8.85. The maximum atomic E-state index is 10.7. The summed E-state index contributed by atoms with van der Waals surface area (Å²) in [6.07, 6.45) is 0.549. The molecule has 0 heterocycles. The van der Waals surface area contributed by atoms with Gasteiger partial charge in [0.25, 0.3) is 0 Å². The fourth-order valence-electron chi connectivity index (χ4n) is 0.499. The topological polar surface area (TPSA) is 80.4 Å². The van der Waals surface area contributed by atoms with Crippen molar-refractivity contribution in [2.45, 2.75) is 24.7 Å². The van der Waals surface area contributed by atoms with Crippen LogP contribution in [-0.4, -0.2) is 36.8 Å². The van der Waals surface area contributed by atoms with Gasteiger partial charge in [0.1, 0.15) is 0 Å². The van der Waals surface area contributed by atoms with Gasteiger partial charge < -0.3 is 0 Å². The molecule has 0 aliphatic rings. The molecule has 0 amide bonds. The average Bonchev–Trinajstić information content (AvgIpc) is 1.99. The van der Waals surface area contributed by atoms with Crippen LogP contribution in [0.25, 0.3) is 0 Å². The number of carbonyl (C=O) groups excluding carboxylic acids is 1. The van der Waals surface area contributed by atoms with Crippen LogP contribution >= 0.6 is 0 Å². The monoisotopic (exact) mass is 225 g/mol. The third-order valence-corrected chi connectivity index (χ3v) is 2.59. The van der Waals surface area contributed by atoms with Crippen molar-refractivity contribution >= 4 is 25.6 Å². The maximum absolute atomic E-state index is 10.7. The summed E-state index contributed by atoms with van der Waals surface area (Å²) in [5.41, 5.74) is 5.17. The van der Waals surface area contributed by atoms with E-state index in [0.717, 1.165) is 0 Å². The quantitative estimate of drug-likeness (QED) is 0.614. The number of carbonyl (C=O) groups is 2. The van der Waals surface area contributed by atoms with Gasteiger partial charge in [0.15, 0.2) is 0 Å². The van der Waals surface area contributed by atoms with Crippen molar-refractivity contribution < 1.29 is 14.7 Å². The van der Waals surface area contributed by atoms with E-state index in [4.69, 9.17) is 10.8 Å². The number of hydrogen-bond donors (Lipinski definition) is 2. The van der Waals surface area contributed by atoms with Gasteiger partial charge in [-0.3, -0.25) is 0 Å². The second kappa shape index (κ2) is 5.29. The zero-order valence-corrected chi connectivity index (χ0v) is 7.95. The average molecular weight is 224 g/mol. The van der Waals surface area contributed by atoms with Gasteiger partial charge in [-0.1, -0.05) is 0 Å². The number of carboxylic acids is 1. The van der Waals surface area contributed by atoms with E-state index in [1.54, 1.807) is 0 Å². The van der Waals surface area contributed by atoms with Crippen LogP contribution in [0.15, 0.2) is 0 Å². The molecule has 0 saturated heterocycles. The fourth-order valence-corrected chi connectivity index (χ4v) is 1.17. The first-order valence-electron chi connectivity index (χ1n) is 3.13. The Hall–Kier alpha value is -0.381. The van der Waals surface area contributed by atoms with Crippen LogP contribution in [0, 0.1) is 0 Å². The predicted molar refractivity (Wildman–Crippen MR) is 41.5 cm³/mol. The van der Waals surface area contributed by atoms with Crippen molar-refractivity contribution in [3.63, 3.8) is 0 Å². The normalized spacial score (nSPS) is 12.5. The van der Waals surface area contributed by atoms with E-state index >= 15 is 0 Å². The molecule has 11 heavy (non-hydrogen) atoms. The molecule has 0 aliphatic heterocycles. The van der Waals surface area contributed by atoms with Crippen molar-refractivity contribution in [3.8, 4) is 0 Å². The Morgan fingerprint density at radius 2 is 2.18 bits per heavy atom. The van der Waals surface area contributed by atoms with E-state index in [1.807, 2.05) is 5.82 Å². The van der Waals surface area contributed by atoms with Gasteiger partial charge in [-0.2, -0.15) is 0 Å². The molecule has 0 aromatic heterocycles. The van der Waals surface area contributed by atoms with Crippen LogP contribution in [0.4, 0.5) is 0 Å². The molecule has 0 aromatic carbocycles. The molecule has 1 atom stereocenters. The van der Waals surface area contributed by atoms with Crippen molar-refractivity contribution in [2.75, 3.05) is 0 Å². The van der Waals surface area contributed by atoms with Crippen LogP contribution in [0.1, 0.15) is 12.8 Å². The standard InChI is InChI=1S/C6H11NO3Se/c1-11-5(8)3-2-4(7)6(9)10/h4H,2-3,7H2,1H3,(H,9,10)/t4-/m0/s1. The van der Waals surface area contributed by atoms with Crippen LogP contribution in [0.3, 0.4) is 0 Å². The van der Waals surface area contributed by atoms with Gasteiger partial charge in [-0.15, -0.1) is 0 Å². The number of rotatable bonds is 5. The number of nitrogens with two attached hydrogens (primary N) is 1. The van der Waals surface area contributed by atoms with Gasteiger partial charge in [0.2, 0.25) is 0 Å². The van der Waals surface area contributed by atoms with E-state index in [1.165, 1.54) is 0 Å². The van der Waals surface area contributed by atoms with Crippen LogP contribution < -0.4 is 5.73 Å². The Labute approximate surface area is 71.3 Å². The van der Waals surface area contributed by atoms with Crippen molar-refractivity contribution in [1.29, 1.82) is 0 Å². The minimum absolute atomic E-state index is 0.0295. The second-order valence-electron chi connectivity index (χ2n) is 2.06. The van der Waals surface area contributed by atoms with Gasteiger partial charge in [0, 0.05) is 0 Å². The molecule has 64 valence electrons. The van der Waals surface area contributed by atoms with Crippen molar-refractivity contribution in [3.05, 3.63) is 0 Å². The van der Waals surface area contributed by atoms with Crippen LogP contribution in [0.5, 0.6) is 0 Å². The summed E-state index contributed by atoms with van der Waals surface area (Å²) in [4.78, 5) is 20.9. The van der Waals surface area contributed by atoms with Gasteiger partial charge in [-0.25, -0.2) is 0 Å². The summed E-state index contributed by atoms with van der Waals surface area (Å²) in [5.74, 6) is 0.767. The Morgan fingerprint density at radius 1 is 1.64 bits per heavy atom. The van der Waals surface area contributed by atoms with Gasteiger partial charge in [-0.05, 0) is 0 Å². The first-order chi connectivity index (χ1) is 5.07. The van der Waals surface area contributed by atoms with Crippen LogP contribution in [0.2, 0.25) is 5.82 Å². The summed E-state index contributed by atoms with van der Waals surface area (Å²) in [5, 5.41) is 8.34. The summed E-state index contributed by atoms with van der Waals surface area (Å²) < 4.78 is 0.120. The van der Waals surface area contributed by atoms with E-state index in [2.05, 4.69) is 0 Å². The molecule has 0 fully saturated rings. The van der Waals surface area contributed by atoms with E-state index in [9.17, 15) is 9.59 Å². The molecular weight excluding hydrogens is 213 g/mol. The molecule has 0 radical (unpaired) electrons. The number of hydrogen-bond acceptors (Lipinski definition) is 3. The van der Waals surface area contributed by atoms with Gasteiger partial charge >= 0.3 is 70.7 Å². The molecular formula is C6H11NO3Se. The third kappa shape index (κ3) is 4.95. The molecule has 0 unspecified atom stereocenters. The number of carboxylic acid groups (broad SMARTS) is 1. The molecule has 0 saturated carbocycles. The Kier molecular flexibility index (Phi) is 5.11. The molecule has 3 N–H and O–H groups in total. The molecule has 4 nitrogen and oxygen atoms in total. The first-order valence-corrected chi connectivity index (χ1v) is 5.70. The summed E-state index contributed by atoms with van der Waals surface area (Å²) in [6.45, 7) is 0. The summed E-state index contributed by atoms with van der Waals surface area (Å²) in [6, 6.07) is -0.888. The molecule has 0 aromatic rings. The molecule has 0 rings (SSSR count).